The number of nitriles is 1. The van der Waals surface area contributed by atoms with E-state index in [1.54, 1.807) is 12.1 Å². The van der Waals surface area contributed by atoms with E-state index < -0.39 is 10.3 Å². The van der Waals surface area contributed by atoms with Crippen molar-refractivity contribution >= 4 is 5.69 Å². The molecule has 5 heteroatoms. The van der Waals surface area contributed by atoms with Crippen LogP contribution in [-0.4, -0.2) is 11.5 Å². The molecule has 5 nitrogen and oxygen atoms in total. The van der Waals surface area contributed by atoms with Gasteiger partial charge in [-0.15, -0.1) is 0 Å². The van der Waals surface area contributed by atoms with Gasteiger partial charge in [-0.05, 0) is 25.8 Å². The smallest absolute Gasteiger partial charge is 0.269 e. The third kappa shape index (κ3) is 4.34. The number of benzene rings is 1. The van der Waals surface area contributed by atoms with Crippen LogP contribution in [0.3, 0.4) is 0 Å². The van der Waals surface area contributed by atoms with Crippen LogP contribution in [0, 0.1) is 26.9 Å². The zero-order valence-corrected chi connectivity index (χ0v) is 11.5. The minimum Gasteiger partial charge on any atom is -0.308 e. The Morgan fingerprint density at radius 3 is 2.74 bits per heavy atom. The Hall–Kier alpha value is -1.93. The van der Waals surface area contributed by atoms with Crippen molar-refractivity contribution in [3.05, 3.63) is 39.9 Å². The first-order valence-corrected chi connectivity index (χ1v) is 6.28. The molecule has 1 unspecified atom stereocenters. The molecule has 0 fully saturated rings. The van der Waals surface area contributed by atoms with Gasteiger partial charge in [-0.2, -0.15) is 5.26 Å². The average Bonchev–Trinajstić information content (AvgIpc) is 2.39. The van der Waals surface area contributed by atoms with Crippen molar-refractivity contribution in [3.8, 4) is 6.07 Å². The monoisotopic (exact) mass is 261 g/mol. The molecule has 0 aliphatic carbocycles. The first kappa shape index (κ1) is 15.1. The van der Waals surface area contributed by atoms with Crippen molar-refractivity contribution in [2.24, 2.45) is 5.41 Å². The Morgan fingerprint density at radius 1 is 1.53 bits per heavy atom. The lowest BCUT2D eigenvalue weighted by atomic mass is 9.94. The molecule has 1 aromatic rings. The summed E-state index contributed by atoms with van der Waals surface area (Å²) in [6, 6.07) is 8.87. The summed E-state index contributed by atoms with van der Waals surface area (Å²) in [7, 11) is 0. The highest BCUT2D eigenvalue weighted by atomic mass is 16.6. The third-order valence-electron chi connectivity index (χ3n) is 2.98. The number of rotatable bonds is 6. The maximum atomic E-state index is 10.8. The Balaban J connectivity index is 2.83. The van der Waals surface area contributed by atoms with Crippen LogP contribution < -0.4 is 5.32 Å². The summed E-state index contributed by atoms with van der Waals surface area (Å²) in [4.78, 5) is 10.4. The summed E-state index contributed by atoms with van der Waals surface area (Å²) in [5.74, 6) is 0. The molecular formula is C14H19N3O2. The van der Waals surface area contributed by atoms with Crippen molar-refractivity contribution in [1.29, 1.82) is 5.26 Å². The number of nitro groups is 1. The molecule has 0 aliphatic heterocycles. The predicted molar refractivity (Wildman–Crippen MR) is 73.5 cm³/mol. The van der Waals surface area contributed by atoms with Gasteiger partial charge < -0.3 is 5.32 Å². The van der Waals surface area contributed by atoms with E-state index in [4.69, 9.17) is 5.26 Å². The summed E-state index contributed by atoms with van der Waals surface area (Å²) in [5.41, 5.74) is 0.524. The van der Waals surface area contributed by atoms with E-state index in [9.17, 15) is 10.1 Å². The third-order valence-corrected chi connectivity index (χ3v) is 2.98. The van der Waals surface area contributed by atoms with Crippen molar-refractivity contribution < 1.29 is 4.92 Å². The predicted octanol–water partition coefficient (Wildman–Crippen LogP) is 3.19. The molecule has 1 rings (SSSR count). The fourth-order valence-electron chi connectivity index (χ4n) is 1.77. The fraction of sp³-hybridized carbons (Fsp3) is 0.500. The number of hydrogen-bond donors (Lipinski definition) is 1. The van der Waals surface area contributed by atoms with E-state index in [1.807, 2.05) is 26.8 Å². The van der Waals surface area contributed by atoms with Crippen molar-refractivity contribution in [1.82, 2.24) is 5.32 Å². The van der Waals surface area contributed by atoms with Gasteiger partial charge in [0.2, 0.25) is 0 Å². The van der Waals surface area contributed by atoms with Gasteiger partial charge in [0.25, 0.3) is 5.69 Å². The van der Waals surface area contributed by atoms with Crippen LogP contribution in [0.4, 0.5) is 5.69 Å². The molecule has 0 saturated carbocycles. The molecule has 0 spiro atoms. The van der Waals surface area contributed by atoms with Gasteiger partial charge in [0.1, 0.15) is 0 Å². The summed E-state index contributed by atoms with van der Waals surface area (Å²) in [6.07, 6.45) is 0.808. The Labute approximate surface area is 113 Å². The zero-order valence-electron chi connectivity index (χ0n) is 11.5. The first-order valence-electron chi connectivity index (χ1n) is 6.28. The van der Waals surface area contributed by atoms with Crippen LogP contribution in [0.5, 0.6) is 0 Å². The van der Waals surface area contributed by atoms with Gasteiger partial charge in [0.15, 0.2) is 0 Å². The highest BCUT2D eigenvalue weighted by Gasteiger charge is 2.19. The van der Waals surface area contributed by atoms with Crippen LogP contribution in [-0.2, 0) is 0 Å². The van der Waals surface area contributed by atoms with Gasteiger partial charge in [-0.1, -0.05) is 19.1 Å². The van der Waals surface area contributed by atoms with Crippen LogP contribution in [0.1, 0.15) is 38.8 Å². The van der Waals surface area contributed by atoms with Gasteiger partial charge in [-0.25, -0.2) is 0 Å². The van der Waals surface area contributed by atoms with Gasteiger partial charge in [0.05, 0.1) is 16.4 Å². The number of non-ortho nitro benzene ring substituents is 1. The minimum absolute atomic E-state index is 0.0209. The van der Waals surface area contributed by atoms with Gasteiger partial charge in [-0.3, -0.25) is 10.1 Å². The standard InChI is InChI=1S/C14H19N3O2/c1-4-13(16-10-14(2,3)9-15)11-6-5-7-12(8-11)17(18)19/h5-8,13,16H,4,10H2,1-3H3. The van der Waals surface area contributed by atoms with Gasteiger partial charge in [0, 0.05) is 24.7 Å². The maximum absolute atomic E-state index is 10.8. The molecule has 0 aromatic heterocycles. The molecule has 0 saturated heterocycles. The maximum Gasteiger partial charge on any atom is 0.269 e. The zero-order chi connectivity index (χ0) is 14.5. The molecule has 19 heavy (non-hydrogen) atoms. The highest BCUT2D eigenvalue weighted by molar-refractivity contribution is 5.35. The van der Waals surface area contributed by atoms with Crippen molar-refractivity contribution in [2.45, 2.75) is 33.2 Å². The average molecular weight is 261 g/mol. The molecular weight excluding hydrogens is 242 g/mol. The normalized spacial score (nSPS) is 12.7. The lowest BCUT2D eigenvalue weighted by Gasteiger charge is -2.22. The summed E-state index contributed by atoms with van der Waals surface area (Å²) in [6.45, 7) is 6.28. The van der Waals surface area contributed by atoms with E-state index in [0.29, 0.717) is 6.54 Å². The number of nitrogens with one attached hydrogen (secondary N) is 1. The quantitative estimate of drug-likeness (QED) is 0.630. The van der Waals surface area contributed by atoms with Crippen LogP contribution in [0.2, 0.25) is 0 Å². The molecule has 1 N–H and O–H groups in total. The van der Waals surface area contributed by atoms with E-state index in [0.717, 1.165) is 12.0 Å². The second-order valence-electron chi connectivity index (χ2n) is 5.19. The van der Waals surface area contributed by atoms with E-state index in [2.05, 4.69) is 11.4 Å². The fourth-order valence-corrected chi connectivity index (χ4v) is 1.77. The minimum atomic E-state index is -0.450. The number of nitro benzene ring substituents is 1. The van der Waals surface area contributed by atoms with Crippen molar-refractivity contribution in [2.75, 3.05) is 6.54 Å². The lowest BCUT2D eigenvalue weighted by Crippen LogP contribution is -2.31. The summed E-state index contributed by atoms with van der Waals surface area (Å²) >= 11 is 0. The van der Waals surface area contributed by atoms with Crippen LogP contribution in [0.25, 0.3) is 0 Å². The molecule has 0 radical (unpaired) electrons. The van der Waals surface area contributed by atoms with E-state index in [1.165, 1.54) is 6.07 Å². The summed E-state index contributed by atoms with van der Waals surface area (Å²) < 4.78 is 0. The molecule has 102 valence electrons. The van der Waals surface area contributed by atoms with Gasteiger partial charge >= 0.3 is 0 Å². The van der Waals surface area contributed by atoms with Crippen LogP contribution >= 0.6 is 0 Å². The highest BCUT2D eigenvalue weighted by Crippen LogP contribution is 2.23. The second kappa shape index (κ2) is 6.30. The van der Waals surface area contributed by atoms with Crippen LogP contribution in [0.15, 0.2) is 24.3 Å². The topological polar surface area (TPSA) is 79.0 Å². The Kier molecular flexibility index (Phi) is 5.02. The molecule has 1 aromatic carbocycles. The summed E-state index contributed by atoms with van der Waals surface area (Å²) in [5, 5.41) is 23.1. The van der Waals surface area contributed by atoms with E-state index >= 15 is 0 Å². The SMILES string of the molecule is CCC(NCC(C)(C)C#N)c1cccc([N+](=O)[O-])c1. The first-order chi connectivity index (χ1) is 8.89. The molecule has 0 amide bonds. The molecule has 1 atom stereocenters. The molecule has 0 heterocycles. The molecule has 0 aliphatic rings. The largest absolute Gasteiger partial charge is 0.308 e. The Bertz CT molecular complexity index is 492. The number of hydrogen-bond acceptors (Lipinski definition) is 4. The lowest BCUT2D eigenvalue weighted by molar-refractivity contribution is -0.384. The van der Waals surface area contributed by atoms with Crippen molar-refractivity contribution in [3.63, 3.8) is 0 Å². The van der Waals surface area contributed by atoms with E-state index in [-0.39, 0.29) is 11.7 Å². The number of nitrogens with zero attached hydrogens (tertiary/aromatic N) is 2. The second-order valence-corrected chi connectivity index (χ2v) is 5.19. The molecule has 0 bridgehead atoms. The Morgan fingerprint density at radius 2 is 2.21 bits per heavy atom.